The molecule has 1 aromatic heterocycles. The molecule has 3 heteroatoms. The molecule has 1 aromatic rings. The van der Waals surface area contributed by atoms with E-state index in [1.165, 1.54) is 101 Å². The summed E-state index contributed by atoms with van der Waals surface area (Å²) in [5.41, 5.74) is 0.936. The average molecular weight is 411 g/mol. The van der Waals surface area contributed by atoms with Gasteiger partial charge in [-0.15, -0.1) is 23.1 Å². The number of thiophene rings is 1. The minimum absolute atomic E-state index is 0.211. The molecule has 0 aromatic carbocycles. The van der Waals surface area contributed by atoms with Gasteiger partial charge >= 0.3 is 0 Å². The van der Waals surface area contributed by atoms with Crippen molar-refractivity contribution in [3.05, 3.63) is 17.0 Å². The van der Waals surface area contributed by atoms with Crippen molar-refractivity contribution in [3.8, 4) is 0 Å². The second-order valence-corrected chi connectivity index (χ2v) is 10.4. The molecule has 0 bridgehead atoms. The smallest absolute Gasteiger partial charge is 0.161 e. The highest BCUT2D eigenvalue weighted by Crippen LogP contribution is 2.36. The van der Waals surface area contributed by atoms with Crippen molar-refractivity contribution < 1.29 is 4.79 Å². The third kappa shape index (κ3) is 12.0. The summed E-state index contributed by atoms with van der Waals surface area (Å²) < 4.78 is 1.24. The van der Waals surface area contributed by atoms with E-state index in [0.29, 0.717) is 5.25 Å². The van der Waals surface area contributed by atoms with Gasteiger partial charge in [0.05, 0.1) is 4.21 Å². The van der Waals surface area contributed by atoms with E-state index in [4.69, 9.17) is 0 Å². The molecule has 1 atom stereocenters. The van der Waals surface area contributed by atoms with Gasteiger partial charge < -0.3 is 0 Å². The number of hydrogen-bond donors (Lipinski definition) is 0. The zero-order chi connectivity index (χ0) is 19.7. The van der Waals surface area contributed by atoms with E-state index in [9.17, 15) is 4.79 Å². The minimum Gasteiger partial charge on any atom is -0.294 e. The molecule has 0 saturated heterocycles. The molecule has 0 amide bonds. The van der Waals surface area contributed by atoms with Gasteiger partial charge in [0.15, 0.2) is 5.78 Å². The van der Waals surface area contributed by atoms with Gasteiger partial charge in [-0.1, -0.05) is 97.3 Å². The van der Waals surface area contributed by atoms with E-state index in [1.807, 2.05) is 17.8 Å². The highest BCUT2D eigenvalue weighted by atomic mass is 32.2. The quantitative estimate of drug-likeness (QED) is 0.136. The molecule has 0 aliphatic carbocycles. The first-order chi connectivity index (χ1) is 13.2. The standard InChI is InChI=1S/C24H42OS2/c1-4-6-8-9-10-11-12-13-14-15-16-18-22(17-7-5-2)27-24-23(21(3)25)19-20-26-24/h19-20,22H,4-18H2,1-3H3. The molecule has 1 nitrogen and oxygen atoms in total. The van der Waals surface area contributed by atoms with Crippen molar-refractivity contribution in [2.75, 3.05) is 0 Å². The van der Waals surface area contributed by atoms with E-state index >= 15 is 0 Å². The van der Waals surface area contributed by atoms with Crippen LogP contribution in [0.2, 0.25) is 0 Å². The molecule has 0 N–H and O–H groups in total. The number of carbonyl (C=O) groups excluding carboxylic acids is 1. The summed E-state index contributed by atoms with van der Waals surface area (Å²) in [5.74, 6) is 0.211. The van der Waals surface area contributed by atoms with Gasteiger partial charge in [0.2, 0.25) is 0 Å². The van der Waals surface area contributed by atoms with Gasteiger partial charge in [0.1, 0.15) is 0 Å². The number of rotatable bonds is 18. The summed E-state index contributed by atoms with van der Waals surface area (Å²) in [4.78, 5) is 11.8. The zero-order valence-electron chi connectivity index (χ0n) is 18.1. The first kappa shape index (κ1) is 24.8. The Balaban J connectivity index is 2.17. The summed E-state index contributed by atoms with van der Waals surface area (Å²) >= 11 is 3.71. The van der Waals surface area contributed by atoms with Crippen LogP contribution in [0.15, 0.2) is 15.7 Å². The maximum absolute atomic E-state index is 11.8. The first-order valence-electron chi connectivity index (χ1n) is 11.4. The Morgan fingerprint density at radius 3 is 1.93 bits per heavy atom. The molecule has 156 valence electrons. The summed E-state index contributed by atoms with van der Waals surface area (Å²) in [6, 6.07) is 1.99. The van der Waals surface area contributed by atoms with E-state index in [1.54, 1.807) is 18.3 Å². The minimum atomic E-state index is 0.211. The van der Waals surface area contributed by atoms with Crippen molar-refractivity contribution in [2.45, 2.75) is 127 Å². The molecule has 0 fully saturated rings. The maximum atomic E-state index is 11.8. The molecule has 27 heavy (non-hydrogen) atoms. The Bertz CT molecular complexity index is 480. The molecule has 1 unspecified atom stereocenters. The van der Waals surface area contributed by atoms with Crippen LogP contribution in [0.4, 0.5) is 0 Å². The summed E-state index contributed by atoms with van der Waals surface area (Å²) in [6.07, 6.45) is 20.6. The van der Waals surface area contributed by atoms with Crippen LogP contribution in [-0.4, -0.2) is 11.0 Å². The highest BCUT2D eigenvalue weighted by molar-refractivity contribution is 8.01. The third-order valence-corrected chi connectivity index (χ3v) is 7.81. The number of hydrogen-bond acceptors (Lipinski definition) is 3. The summed E-state index contributed by atoms with van der Waals surface area (Å²) in [6.45, 7) is 6.25. The second kappa shape index (κ2) is 16.7. The van der Waals surface area contributed by atoms with Crippen LogP contribution < -0.4 is 0 Å². The molecule has 1 heterocycles. The van der Waals surface area contributed by atoms with Gasteiger partial charge in [0, 0.05) is 10.8 Å². The Hall–Kier alpha value is -0.280. The molecule has 0 radical (unpaired) electrons. The monoisotopic (exact) mass is 410 g/mol. The Labute approximate surface area is 177 Å². The van der Waals surface area contributed by atoms with Gasteiger partial charge in [-0.3, -0.25) is 4.79 Å². The van der Waals surface area contributed by atoms with E-state index < -0.39 is 0 Å². The number of thioether (sulfide) groups is 1. The molecule has 0 aliphatic heterocycles. The molecular weight excluding hydrogens is 368 g/mol. The van der Waals surface area contributed by atoms with Crippen LogP contribution in [0.25, 0.3) is 0 Å². The molecule has 0 saturated carbocycles. The van der Waals surface area contributed by atoms with E-state index in [0.717, 1.165) is 5.56 Å². The fraction of sp³-hybridized carbons (Fsp3) is 0.792. The molecule has 0 aliphatic rings. The average Bonchev–Trinajstić information content (AvgIpc) is 3.12. The SMILES string of the molecule is CCCCCCCCCCCCCC(CCCC)Sc1sccc1C(C)=O. The number of unbranched alkanes of at least 4 members (excludes halogenated alkanes) is 11. The third-order valence-electron chi connectivity index (χ3n) is 5.29. The molecular formula is C24H42OS2. The van der Waals surface area contributed by atoms with Gasteiger partial charge in [-0.05, 0) is 31.2 Å². The van der Waals surface area contributed by atoms with Crippen LogP contribution in [0.1, 0.15) is 127 Å². The fourth-order valence-electron chi connectivity index (χ4n) is 3.53. The van der Waals surface area contributed by atoms with Crippen molar-refractivity contribution in [1.29, 1.82) is 0 Å². The molecule has 1 rings (SSSR count). The van der Waals surface area contributed by atoms with Crippen LogP contribution in [0.3, 0.4) is 0 Å². The zero-order valence-corrected chi connectivity index (χ0v) is 19.7. The van der Waals surface area contributed by atoms with Gasteiger partial charge in [-0.2, -0.15) is 0 Å². The number of ketones is 1. The Morgan fingerprint density at radius 1 is 0.852 bits per heavy atom. The predicted octanol–water partition coefficient (Wildman–Crippen LogP) is 9.30. The number of Topliss-reactive ketones (excluding diaryl/α,β-unsaturated/α-hetero) is 1. The number of carbonyl (C=O) groups is 1. The van der Waals surface area contributed by atoms with Crippen LogP contribution in [0.5, 0.6) is 0 Å². The van der Waals surface area contributed by atoms with Gasteiger partial charge in [0.25, 0.3) is 0 Å². The lowest BCUT2D eigenvalue weighted by molar-refractivity contribution is 0.101. The maximum Gasteiger partial charge on any atom is 0.161 e. The second-order valence-electron chi connectivity index (χ2n) is 7.88. The molecule has 0 spiro atoms. The van der Waals surface area contributed by atoms with Crippen LogP contribution in [-0.2, 0) is 0 Å². The summed E-state index contributed by atoms with van der Waals surface area (Å²) in [7, 11) is 0. The lowest BCUT2D eigenvalue weighted by atomic mass is 10.0. The normalized spacial score (nSPS) is 12.4. The highest BCUT2D eigenvalue weighted by Gasteiger charge is 2.15. The van der Waals surface area contributed by atoms with Crippen molar-refractivity contribution in [1.82, 2.24) is 0 Å². The summed E-state index contributed by atoms with van der Waals surface area (Å²) in [5, 5.41) is 2.75. The van der Waals surface area contributed by atoms with Crippen molar-refractivity contribution in [2.24, 2.45) is 0 Å². The lowest BCUT2D eigenvalue weighted by Crippen LogP contribution is -2.03. The van der Waals surface area contributed by atoms with E-state index in [2.05, 4.69) is 19.2 Å². The topological polar surface area (TPSA) is 17.1 Å². The van der Waals surface area contributed by atoms with Crippen molar-refractivity contribution in [3.63, 3.8) is 0 Å². The fourth-order valence-corrected chi connectivity index (χ4v) is 6.20. The Morgan fingerprint density at radius 2 is 1.37 bits per heavy atom. The lowest BCUT2D eigenvalue weighted by Gasteiger charge is -2.16. The largest absolute Gasteiger partial charge is 0.294 e. The van der Waals surface area contributed by atoms with Gasteiger partial charge in [-0.25, -0.2) is 0 Å². The van der Waals surface area contributed by atoms with Crippen molar-refractivity contribution >= 4 is 28.9 Å². The predicted molar refractivity (Wildman–Crippen MR) is 125 cm³/mol. The first-order valence-corrected chi connectivity index (χ1v) is 13.2. The van der Waals surface area contributed by atoms with E-state index in [-0.39, 0.29) is 5.78 Å². The Kier molecular flexibility index (Phi) is 15.3. The van der Waals surface area contributed by atoms with Crippen LogP contribution >= 0.6 is 23.1 Å². The van der Waals surface area contributed by atoms with Crippen LogP contribution in [0, 0.1) is 0 Å².